The first-order valence-electron chi connectivity index (χ1n) is 6.02. The molecular weight excluding hydrogens is 344 g/mol. The van der Waals surface area contributed by atoms with Gasteiger partial charge in [-0.1, -0.05) is 39.3 Å². The molecular formula is C14H18BrClN2S. The number of nitrogens with one attached hydrogen (secondary N) is 1. The van der Waals surface area contributed by atoms with E-state index < -0.39 is 0 Å². The van der Waals surface area contributed by atoms with Crippen LogP contribution in [0.15, 0.2) is 28.2 Å². The fourth-order valence-electron chi connectivity index (χ4n) is 2.33. The van der Waals surface area contributed by atoms with Crippen molar-refractivity contribution in [3.8, 4) is 0 Å². The maximum absolute atomic E-state index is 7.32. The number of hydrogen-bond acceptors (Lipinski definition) is 2. The lowest BCUT2D eigenvalue weighted by Crippen LogP contribution is -2.06. The molecule has 1 aromatic rings. The molecule has 0 saturated carbocycles. The molecule has 0 unspecified atom stereocenters. The van der Waals surface area contributed by atoms with Gasteiger partial charge in [0.25, 0.3) is 0 Å². The van der Waals surface area contributed by atoms with Crippen molar-refractivity contribution >= 4 is 50.8 Å². The van der Waals surface area contributed by atoms with Gasteiger partial charge < -0.3 is 5.73 Å². The lowest BCUT2D eigenvalue weighted by molar-refractivity contribution is 0.825. The summed E-state index contributed by atoms with van der Waals surface area (Å²) in [4.78, 5) is 0. The Morgan fingerprint density at radius 3 is 2.84 bits per heavy atom. The Morgan fingerprint density at radius 1 is 1.42 bits per heavy atom. The predicted octanol–water partition coefficient (Wildman–Crippen LogP) is 4.61. The van der Waals surface area contributed by atoms with Crippen LogP contribution in [0.1, 0.15) is 30.9 Å². The molecule has 3 N–H and O–H groups in total. The van der Waals surface area contributed by atoms with Gasteiger partial charge >= 0.3 is 0 Å². The summed E-state index contributed by atoms with van der Waals surface area (Å²) in [5.41, 5.74) is 11.0. The number of benzene rings is 1. The molecule has 0 spiro atoms. The molecule has 0 atom stereocenters. The van der Waals surface area contributed by atoms with Crippen molar-refractivity contribution < 1.29 is 0 Å². The topological polar surface area (TPSA) is 49.9 Å². The normalized spacial score (nSPS) is 14.4. The van der Waals surface area contributed by atoms with E-state index in [0.717, 1.165) is 23.1 Å². The highest BCUT2D eigenvalue weighted by atomic mass is 79.9. The quantitative estimate of drug-likeness (QED) is 0.597. The minimum Gasteiger partial charge on any atom is -0.379 e. The second-order valence-electron chi connectivity index (χ2n) is 4.54. The second kappa shape index (κ2) is 7.36. The SMILES string of the molecule is CC1=C(CSC(=N)N)CCCc2ccc(Br)cc21.Cl. The second-order valence-corrected chi connectivity index (χ2v) is 6.47. The van der Waals surface area contributed by atoms with Gasteiger partial charge in [0.15, 0.2) is 5.17 Å². The van der Waals surface area contributed by atoms with Crippen LogP contribution in [0.25, 0.3) is 5.57 Å². The van der Waals surface area contributed by atoms with Crippen LogP contribution in [-0.4, -0.2) is 10.9 Å². The molecule has 2 nitrogen and oxygen atoms in total. The zero-order valence-electron chi connectivity index (χ0n) is 10.8. The van der Waals surface area contributed by atoms with Gasteiger partial charge in [0.1, 0.15) is 0 Å². The summed E-state index contributed by atoms with van der Waals surface area (Å²) in [6.45, 7) is 2.19. The third-order valence-corrected chi connectivity index (χ3v) is 4.63. The van der Waals surface area contributed by atoms with Crippen LogP contribution in [0.2, 0.25) is 0 Å². The van der Waals surface area contributed by atoms with Gasteiger partial charge in [0.2, 0.25) is 0 Å². The van der Waals surface area contributed by atoms with E-state index >= 15 is 0 Å². The number of aryl methyl sites for hydroxylation is 1. The molecule has 0 radical (unpaired) electrons. The molecule has 1 aliphatic carbocycles. The first kappa shape index (κ1) is 16.6. The van der Waals surface area contributed by atoms with Crippen LogP contribution in [0.3, 0.4) is 0 Å². The van der Waals surface area contributed by atoms with E-state index in [9.17, 15) is 0 Å². The van der Waals surface area contributed by atoms with Gasteiger partial charge in [0, 0.05) is 10.2 Å². The van der Waals surface area contributed by atoms with Crippen molar-refractivity contribution in [2.24, 2.45) is 5.73 Å². The summed E-state index contributed by atoms with van der Waals surface area (Å²) >= 11 is 4.96. The van der Waals surface area contributed by atoms with Crippen LogP contribution in [0.5, 0.6) is 0 Å². The van der Waals surface area contributed by atoms with E-state index in [1.54, 1.807) is 0 Å². The van der Waals surface area contributed by atoms with E-state index in [1.165, 1.54) is 40.5 Å². The monoisotopic (exact) mass is 360 g/mol. The van der Waals surface area contributed by atoms with Gasteiger partial charge in [-0.15, -0.1) is 12.4 Å². The zero-order chi connectivity index (χ0) is 13.1. The highest BCUT2D eigenvalue weighted by Gasteiger charge is 2.14. The Morgan fingerprint density at radius 2 is 2.16 bits per heavy atom. The number of fused-ring (bicyclic) bond motifs is 1. The molecule has 0 aromatic heterocycles. The molecule has 0 saturated heterocycles. The number of nitrogens with two attached hydrogens (primary N) is 1. The number of rotatable bonds is 2. The largest absolute Gasteiger partial charge is 0.379 e. The first-order valence-corrected chi connectivity index (χ1v) is 7.80. The van der Waals surface area contributed by atoms with E-state index in [0.29, 0.717) is 0 Å². The maximum Gasteiger partial charge on any atom is 0.151 e. The molecule has 0 fully saturated rings. The Kier molecular flexibility index (Phi) is 6.43. The molecule has 2 rings (SSSR count). The molecule has 0 bridgehead atoms. The van der Waals surface area contributed by atoms with Crippen molar-refractivity contribution in [2.75, 3.05) is 5.75 Å². The molecule has 0 amide bonds. The van der Waals surface area contributed by atoms with Crippen molar-refractivity contribution in [3.63, 3.8) is 0 Å². The minimum absolute atomic E-state index is 0. The molecule has 1 aliphatic rings. The lowest BCUT2D eigenvalue weighted by atomic mass is 9.99. The van der Waals surface area contributed by atoms with E-state index in [-0.39, 0.29) is 17.6 Å². The van der Waals surface area contributed by atoms with Gasteiger partial charge in [-0.3, -0.25) is 5.41 Å². The molecule has 0 heterocycles. The fourth-order valence-corrected chi connectivity index (χ4v) is 3.38. The average molecular weight is 362 g/mol. The molecule has 19 heavy (non-hydrogen) atoms. The van der Waals surface area contributed by atoms with Crippen LogP contribution in [-0.2, 0) is 6.42 Å². The van der Waals surface area contributed by atoms with Gasteiger partial charge in [0.05, 0.1) is 0 Å². The highest BCUT2D eigenvalue weighted by molar-refractivity contribution is 9.10. The smallest absolute Gasteiger partial charge is 0.151 e. The molecule has 1 aromatic carbocycles. The van der Waals surface area contributed by atoms with Crippen LogP contribution in [0, 0.1) is 5.41 Å². The van der Waals surface area contributed by atoms with Gasteiger partial charge in [-0.2, -0.15) is 0 Å². The number of amidine groups is 1. The fraction of sp³-hybridized carbons (Fsp3) is 0.357. The Labute approximate surface area is 133 Å². The standard InChI is InChI=1S/C14H17BrN2S.ClH/c1-9-11(8-18-14(16)17)4-2-3-10-5-6-12(15)7-13(9)10;/h5-7H,2-4,8H2,1H3,(H3,16,17);1H. The Bertz CT molecular complexity index is 514. The summed E-state index contributed by atoms with van der Waals surface area (Å²) in [5.74, 6) is 0.840. The van der Waals surface area contributed by atoms with Crippen molar-refractivity contribution in [3.05, 3.63) is 39.4 Å². The van der Waals surface area contributed by atoms with E-state index in [4.69, 9.17) is 11.1 Å². The van der Waals surface area contributed by atoms with Crippen molar-refractivity contribution in [1.29, 1.82) is 5.41 Å². The third kappa shape index (κ3) is 4.26. The third-order valence-electron chi connectivity index (χ3n) is 3.33. The first-order chi connectivity index (χ1) is 8.58. The predicted molar refractivity (Wildman–Crippen MR) is 91.3 cm³/mol. The number of thioether (sulfide) groups is 1. The van der Waals surface area contributed by atoms with Gasteiger partial charge in [-0.25, -0.2) is 0 Å². The van der Waals surface area contributed by atoms with Crippen LogP contribution >= 0.6 is 40.1 Å². The van der Waals surface area contributed by atoms with E-state index in [2.05, 4.69) is 41.1 Å². The summed E-state index contributed by atoms with van der Waals surface area (Å²) in [6, 6.07) is 6.53. The maximum atomic E-state index is 7.32. The summed E-state index contributed by atoms with van der Waals surface area (Å²) in [6.07, 6.45) is 3.42. The minimum atomic E-state index is 0. The summed E-state index contributed by atoms with van der Waals surface area (Å²) in [7, 11) is 0. The highest BCUT2D eigenvalue weighted by Crippen LogP contribution is 2.33. The van der Waals surface area contributed by atoms with Crippen LogP contribution in [0.4, 0.5) is 0 Å². The van der Waals surface area contributed by atoms with Crippen LogP contribution < -0.4 is 5.73 Å². The van der Waals surface area contributed by atoms with Crippen molar-refractivity contribution in [1.82, 2.24) is 0 Å². The zero-order valence-corrected chi connectivity index (χ0v) is 14.1. The summed E-state index contributed by atoms with van der Waals surface area (Å²) in [5, 5.41) is 7.53. The number of halogens is 2. The lowest BCUT2D eigenvalue weighted by Gasteiger charge is -2.11. The Hall–Kier alpha value is -0.450. The average Bonchev–Trinajstić information content (AvgIpc) is 2.47. The van der Waals surface area contributed by atoms with E-state index in [1.807, 2.05) is 0 Å². The Balaban J connectivity index is 0.00000180. The van der Waals surface area contributed by atoms with Gasteiger partial charge in [-0.05, 0) is 55.0 Å². The molecule has 104 valence electrons. The molecule has 5 heteroatoms. The number of allylic oxidation sites excluding steroid dienone is 1. The summed E-state index contributed by atoms with van der Waals surface area (Å²) < 4.78 is 1.13. The number of hydrogen-bond donors (Lipinski definition) is 2. The molecule has 0 aliphatic heterocycles. The van der Waals surface area contributed by atoms with Crippen molar-refractivity contribution in [2.45, 2.75) is 26.2 Å².